The fourth-order valence-corrected chi connectivity index (χ4v) is 2.50. The predicted octanol–water partition coefficient (Wildman–Crippen LogP) is 1.33. The number of halogens is 2. The lowest BCUT2D eigenvalue weighted by molar-refractivity contribution is 0.503. The van der Waals surface area contributed by atoms with E-state index < -0.39 is 22.5 Å². The average Bonchev–Trinajstić information content (AvgIpc) is 2.23. The van der Waals surface area contributed by atoms with Gasteiger partial charge in [-0.2, -0.15) is 8.42 Å². The third-order valence-corrected chi connectivity index (χ3v) is 3.41. The van der Waals surface area contributed by atoms with Crippen LogP contribution in [-0.2, 0) is 10.0 Å². The zero-order valence-electron chi connectivity index (χ0n) is 8.10. The monoisotopic (exact) mass is 246 g/mol. The third kappa shape index (κ3) is 1.78. The Balaban J connectivity index is 2.59. The third-order valence-electron chi connectivity index (χ3n) is 2.16. The number of rotatable bonds is 2. The summed E-state index contributed by atoms with van der Waals surface area (Å²) in [6.45, 7) is -0.666. The fraction of sp³-hybridized carbons (Fsp3) is 0.222. The minimum Gasteiger partial charge on any atom is -0.328 e. The van der Waals surface area contributed by atoms with Crippen molar-refractivity contribution in [2.24, 2.45) is 4.40 Å². The molecule has 2 rings (SSSR count). The molecule has 0 N–H and O–H groups in total. The van der Waals surface area contributed by atoms with Crippen molar-refractivity contribution in [2.75, 3.05) is 18.1 Å². The van der Waals surface area contributed by atoms with E-state index in [2.05, 4.69) is 4.40 Å². The van der Waals surface area contributed by atoms with Crippen molar-refractivity contribution >= 4 is 22.0 Å². The van der Waals surface area contributed by atoms with Crippen LogP contribution in [0.3, 0.4) is 0 Å². The molecule has 0 unspecified atom stereocenters. The number of anilines is 1. The van der Waals surface area contributed by atoms with Crippen LogP contribution in [0.15, 0.2) is 27.5 Å². The van der Waals surface area contributed by atoms with E-state index in [0.29, 0.717) is 0 Å². The molecule has 0 bridgehead atoms. The zero-order chi connectivity index (χ0) is 11.8. The first-order chi connectivity index (χ1) is 7.54. The maximum atomic E-state index is 12.9. The van der Waals surface area contributed by atoms with Crippen LogP contribution in [-0.4, -0.2) is 28.0 Å². The van der Waals surface area contributed by atoms with Crippen molar-refractivity contribution in [2.45, 2.75) is 4.90 Å². The van der Waals surface area contributed by atoms with Gasteiger partial charge in [-0.3, -0.25) is 0 Å². The molecule has 1 aliphatic heterocycles. The second-order valence-corrected chi connectivity index (χ2v) is 4.79. The molecule has 0 spiro atoms. The van der Waals surface area contributed by atoms with E-state index in [1.807, 2.05) is 0 Å². The van der Waals surface area contributed by atoms with Crippen LogP contribution >= 0.6 is 0 Å². The van der Waals surface area contributed by atoms with E-state index in [-0.39, 0.29) is 17.1 Å². The van der Waals surface area contributed by atoms with Crippen molar-refractivity contribution in [1.29, 1.82) is 0 Å². The Labute approximate surface area is 91.3 Å². The highest BCUT2D eigenvalue weighted by Gasteiger charge is 2.25. The lowest BCUT2D eigenvalue weighted by Crippen LogP contribution is -2.29. The molecule has 0 fully saturated rings. The zero-order valence-corrected chi connectivity index (χ0v) is 8.92. The summed E-state index contributed by atoms with van der Waals surface area (Å²) in [5.74, 6) is -0.667. The molecule has 16 heavy (non-hydrogen) atoms. The van der Waals surface area contributed by atoms with Crippen LogP contribution in [0, 0.1) is 5.82 Å². The number of hydrogen-bond acceptors (Lipinski definition) is 3. The molecule has 0 aromatic heterocycles. The standard InChI is InChI=1S/C9H8F2N2O2S/c10-3-4-13-6-12-16(14,15)9-5-7(11)1-2-8(9)13/h1-2,5-6H,3-4H2. The van der Waals surface area contributed by atoms with Gasteiger partial charge in [-0.15, -0.1) is 4.40 Å². The second-order valence-electron chi connectivity index (χ2n) is 3.19. The van der Waals surface area contributed by atoms with Crippen molar-refractivity contribution in [3.63, 3.8) is 0 Å². The summed E-state index contributed by atoms with van der Waals surface area (Å²) in [6, 6.07) is 3.30. The Morgan fingerprint density at radius 1 is 1.38 bits per heavy atom. The summed E-state index contributed by atoms with van der Waals surface area (Å²) >= 11 is 0. The molecule has 0 amide bonds. The van der Waals surface area contributed by atoms with Gasteiger partial charge >= 0.3 is 0 Å². The lowest BCUT2D eigenvalue weighted by Gasteiger charge is -2.23. The van der Waals surface area contributed by atoms with E-state index >= 15 is 0 Å². The Morgan fingerprint density at radius 3 is 2.81 bits per heavy atom. The summed E-state index contributed by atoms with van der Waals surface area (Å²) in [7, 11) is -3.85. The lowest BCUT2D eigenvalue weighted by atomic mass is 10.3. The van der Waals surface area contributed by atoms with E-state index in [9.17, 15) is 17.2 Å². The van der Waals surface area contributed by atoms with Crippen LogP contribution in [0.4, 0.5) is 14.5 Å². The maximum Gasteiger partial charge on any atom is 0.285 e. The van der Waals surface area contributed by atoms with Gasteiger partial charge in [0.15, 0.2) is 0 Å². The Bertz CT molecular complexity index is 542. The van der Waals surface area contributed by atoms with Crippen LogP contribution in [0.5, 0.6) is 0 Å². The van der Waals surface area contributed by atoms with Gasteiger partial charge in [0.05, 0.1) is 12.2 Å². The molecule has 1 aliphatic rings. The highest BCUT2D eigenvalue weighted by atomic mass is 32.2. The van der Waals surface area contributed by atoms with Gasteiger partial charge in [0.2, 0.25) is 0 Å². The summed E-state index contributed by atoms with van der Waals surface area (Å²) in [5, 5.41) is 0. The Morgan fingerprint density at radius 2 is 2.12 bits per heavy atom. The Hall–Kier alpha value is -1.50. The summed E-state index contributed by atoms with van der Waals surface area (Å²) in [5.41, 5.74) is 0.244. The molecule has 0 atom stereocenters. The normalized spacial score (nSPS) is 17.2. The van der Waals surface area contributed by atoms with Gasteiger partial charge in [-0.1, -0.05) is 0 Å². The molecule has 0 saturated heterocycles. The van der Waals surface area contributed by atoms with Gasteiger partial charge in [-0.05, 0) is 18.2 Å². The second kappa shape index (κ2) is 3.82. The molecule has 0 saturated carbocycles. The summed E-state index contributed by atoms with van der Waals surface area (Å²) in [4.78, 5) is 1.10. The predicted molar refractivity (Wildman–Crippen MR) is 55.4 cm³/mol. The van der Waals surface area contributed by atoms with E-state index in [0.717, 1.165) is 18.5 Å². The topological polar surface area (TPSA) is 49.7 Å². The van der Waals surface area contributed by atoms with E-state index in [1.54, 1.807) is 0 Å². The molecule has 0 radical (unpaired) electrons. The van der Waals surface area contributed by atoms with Crippen molar-refractivity contribution < 1.29 is 17.2 Å². The van der Waals surface area contributed by atoms with Crippen LogP contribution < -0.4 is 4.90 Å². The average molecular weight is 246 g/mol. The van der Waals surface area contributed by atoms with Gasteiger partial charge in [-0.25, -0.2) is 8.78 Å². The molecule has 1 heterocycles. The van der Waals surface area contributed by atoms with Crippen LogP contribution in [0.25, 0.3) is 0 Å². The van der Waals surface area contributed by atoms with Crippen LogP contribution in [0.2, 0.25) is 0 Å². The highest BCUT2D eigenvalue weighted by Crippen LogP contribution is 2.29. The summed E-state index contributed by atoms with van der Waals surface area (Å²) in [6.07, 6.45) is 1.04. The molecular weight excluding hydrogens is 238 g/mol. The van der Waals surface area contributed by atoms with Crippen molar-refractivity contribution in [3.05, 3.63) is 24.0 Å². The summed E-state index contributed by atoms with van der Waals surface area (Å²) < 4.78 is 51.4. The molecule has 7 heteroatoms. The molecule has 1 aromatic carbocycles. The molecule has 0 aliphatic carbocycles. The minimum absolute atomic E-state index is 0.0162. The number of sulfonamides is 1. The number of hydrogen-bond donors (Lipinski definition) is 0. The highest BCUT2D eigenvalue weighted by molar-refractivity contribution is 7.90. The quantitative estimate of drug-likeness (QED) is 0.791. The Kier molecular flexibility index (Phi) is 2.63. The number of alkyl halides is 1. The maximum absolute atomic E-state index is 12.9. The van der Waals surface area contributed by atoms with Crippen molar-refractivity contribution in [3.8, 4) is 0 Å². The smallest absolute Gasteiger partial charge is 0.285 e. The van der Waals surface area contributed by atoms with E-state index in [1.165, 1.54) is 11.0 Å². The molecule has 1 aromatic rings. The van der Waals surface area contributed by atoms with Crippen molar-refractivity contribution in [1.82, 2.24) is 0 Å². The van der Waals surface area contributed by atoms with Gasteiger partial charge in [0, 0.05) is 0 Å². The van der Waals surface area contributed by atoms with Crippen LogP contribution in [0.1, 0.15) is 0 Å². The minimum atomic E-state index is -3.85. The van der Waals surface area contributed by atoms with Gasteiger partial charge in [0.1, 0.15) is 23.7 Å². The fourth-order valence-electron chi connectivity index (χ4n) is 1.44. The number of fused-ring (bicyclic) bond motifs is 1. The first-order valence-electron chi connectivity index (χ1n) is 4.47. The SMILES string of the molecule is O=S1(=O)N=CN(CCF)c2ccc(F)cc21. The van der Waals surface area contributed by atoms with E-state index in [4.69, 9.17) is 0 Å². The van der Waals surface area contributed by atoms with Gasteiger partial charge < -0.3 is 4.90 Å². The molecular formula is C9H8F2N2O2S. The largest absolute Gasteiger partial charge is 0.328 e. The first kappa shape index (κ1) is 11.0. The number of nitrogens with zero attached hydrogens (tertiary/aromatic N) is 2. The molecule has 86 valence electrons. The van der Waals surface area contributed by atoms with Gasteiger partial charge in [0.25, 0.3) is 10.0 Å². The first-order valence-corrected chi connectivity index (χ1v) is 5.91. The number of benzene rings is 1. The molecule has 4 nitrogen and oxygen atoms in total.